The summed E-state index contributed by atoms with van der Waals surface area (Å²) in [6.45, 7) is 3.01. The molecule has 0 spiro atoms. The molecule has 0 N–H and O–H groups in total. The zero-order valence-corrected chi connectivity index (χ0v) is 19.6. The van der Waals surface area contributed by atoms with E-state index in [9.17, 15) is 19.7 Å². The molecule has 0 saturated heterocycles. The number of hydrogen-bond acceptors (Lipinski definition) is 6. The summed E-state index contributed by atoms with van der Waals surface area (Å²) in [6, 6.07) is 15.7. The lowest BCUT2D eigenvalue weighted by Gasteiger charge is -2.22. The summed E-state index contributed by atoms with van der Waals surface area (Å²) in [6.07, 6.45) is 4.26. The number of nitrogens with zero attached hydrogens (tertiary/aromatic N) is 4. The third-order valence-corrected chi connectivity index (χ3v) is 5.92. The lowest BCUT2D eigenvalue weighted by atomic mass is 10.0. The molecule has 1 saturated carbocycles. The average Bonchev–Trinajstić information content (AvgIpc) is 3.59. The van der Waals surface area contributed by atoms with Gasteiger partial charge in [0.05, 0.1) is 35.8 Å². The SMILES string of the molecule is CCOC(=O)CCN(CC1CC1)C(=O)Cc1cn(-c2ccccc2)nc1-c1ccc([N+](=O)[O-])cc1. The van der Waals surface area contributed by atoms with Crippen molar-refractivity contribution in [2.24, 2.45) is 5.92 Å². The van der Waals surface area contributed by atoms with E-state index in [1.807, 2.05) is 36.5 Å². The summed E-state index contributed by atoms with van der Waals surface area (Å²) < 4.78 is 6.74. The first-order valence-corrected chi connectivity index (χ1v) is 11.8. The second kappa shape index (κ2) is 10.9. The second-order valence-electron chi connectivity index (χ2n) is 8.60. The zero-order chi connectivity index (χ0) is 24.8. The predicted molar refractivity (Wildman–Crippen MR) is 130 cm³/mol. The minimum atomic E-state index is -0.448. The monoisotopic (exact) mass is 476 g/mol. The number of amides is 1. The van der Waals surface area contributed by atoms with Crippen molar-refractivity contribution in [1.29, 1.82) is 0 Å². The van der Waals surface area contributed by atoms with E-state index in [1.54, 1.807) is 28.6 Å². The van der Waals surface area contributed by atoms with E-state index >= 15 is 0 Å². The van der Waals surface area contributed by atoms with Crippen LogP contribution in [-0.4, -0.2) is 51.2 Å². The van der Waals surface area contributed by atoms with Gasteiger partial charge < -0.3 is 9.64 Å². The van der Waals surface area contributed by atoms with Gasteiger partial charge in [-0.25, -0.2) is 4.68 Å². The van der Waals surface area contributed by atoms with Gasteiger partial charge in [0.25, 0.3) is 5.69 Å². The molecule has 0 aliphatic heterocycles. The quantitative estimate of drug-likeness (QED) is 0.233. The van der Waals surface area contributed by atoms with E-state index in [-0.39, 0.29) is 30.4 Å². The molecule has 2 aromatic carbocycles. The average molecular weight is 477 g/mol. The Morgan fingerprint density at radius 1 is 1.14 bits per heavy atom. The first-order chi connectivity index (χ1) is 16.9. The standard InChI is InChI=1S/C26H28N4O5/c1-2-35-25(32)14-15-28(17-19-8-9-19)24(31)16-21-18-29(22-6-4-3-5-7-22)27-26(21)20-10-12-23(13-11-20)30(33)34/h3-7,10-13,18-19H,2,8-9,14-17H2,1H3. The summed E-state index contributed by atoms with van der Waals surface area (Å²) in [4.78, 5) is 37.6. The molecule has 3 aromatic rings. The first-order valence-electron chi connectivity index (χ1n) is 11.8. The minimum absolute atomic E-state index is 0.0107. The number of carbonyl (C=O) groups is 2. The van der Waals surface area contributed by atoms with Crippen molar-refractivity contribution in [2.75, 3.05) is 19.7 Å². The summed E-state index contributed by atoms with van der Waals surface area (Å²) in [7, 11) is 0. The molecule has 1 fully saturated rings. The summed E-state index contributed by atoms with van der Waals surface area (Å²) in [5.74, 6) is 0.0730. The lowest BCUT2D eigenvalue weighted by Crippen LogP contribution is -2.36. The van der Waals surface area contributed by atoms with E-state index in [4.69, 9.17) is 9.84 Å². The maximum absolute atomic E-state index is 13.4. The van der Waals surface area contributed by atoms with Gasteiger partial charge in [0.1, 0.15) is 0 Å². The number of benzene rings is 2. The maximum Gasteiger partial charge on any atom is 0.307 e. The topological polar surface area (TPSA) is 108 Å². The van der Waals surface area contributed by atoms with Gasteiger partial charge in [-0.3, -0.25) is 19.7 Å². The Morgan fingerprint density at radius 2 is 1.86 bits per heavy atom. The number of hydrogen-bond donors (Lipinski definition) is 0. The van der Waals surface area contributed by atoms with Crippen molar-refractivity contribution >= 4 is 17.6 Å². The van der Waals surface area contributed by atoms with Crippen molar-refractivity contribution in [3.63, 3.8) is 0 Å². The maximum atomic E-state index is 13.4. The Hall–Kier alpha value is -4.01. The van der Waals surface area contributed by atoms with Crippen molar-refractivity contribution in [1.82, 2.24) is 14.7 Å². The van der Waals surface area contributed by atoms with E-state index in [0.717, 1.165) is 18.5 Å². The fourth-order valence-electron chi connectivity index (χ4n) is 3.90. The van der Waals surface area contributed by atoms with Crippen LogP contribution in [0.25, 0.3) is 16.9 Å². The molecule has 0 atom stereocenters. The Bertz CT molecular complexity index is 1190. The summed E-state index contributed by atoms with van der Waals surface area (Å²) >= 11 is 0. The Balaban J connectivity index is 1.60. The van der Waals surface area contributed by atoms with Crippen LogP contribution in [0.4, 0.5) is 5.69 Å². The Kier molecular flexibility index (Phi) is 7.54. The number of esters is 1. The molecule has 0 unspecified atom stereocenters. The van der Waals surface area contributed by atoms with Gasteiger partial charge in [-0.1, -0.05) is 18.2 Å². The highest BCUT2D eigenvalue weighted by atomic mass is 16.6. The van der Waals surface area contributed by atoms with E-state index in [1.165, 1.54) is 12.1 Å². The number of nitro groups is 1. The third kappa shape index (κ3) is 6.32. The van der Waals surface area contributed by atoms with Gasteiger partial charge in [0.15, 0.2) is 0 Å². The van der Waals surface area contributed by atoms with Crippen LogP contribution >= 0.6 is 0 Å². The molecule has 1 aliphatic rings. The van der Waals surface area contributed by atoms with E-state index in [0.29, 0.717) is 42.4 Å². The van der Waals surface area contributed by atoms with Gasteiger partial charge in [-0.15, -0.1) is 0 Å². The largest absolute Gasteiger partial charge is 0.466 e. The number of carbonyl (C=O) groups excluding carboxylic acids is 2. The summed E-state index contributed by atoms with van der Waals surface area (Å²) in [5, 5.41) is 15.8. The number of non-ortho nitro benzene ring substituents is 1. The third-order valence-electron chi connectivity index (χ3n) is 5.92. The number of aromatic nitrogens is 2. The molecule has 1 aromatic heterocycles. The molecule has 4 rings (SSSR count). The Morgan fingerprint density at radius 3 is 2.49 bits per heavy atom. The van der Waals surface area contributed by atoms with Crippen LogP contribution in [0.5, 0.6) is 0 Å². The van der Waals surface area contributed by atoms with Crippen LogP contribution in [0.1, 0.15) is 31.7 Å². The van der Waals surface area contributed by atoms with Gasteiger partial charge in [0, 0.05) is 42.5 Å². The highest BCUT2D eigenvalue weighted by Crippen LogP contribution is 2.31. The Labute approximate surface area is 203 Å². The normalized spacial score (nSPS) is 12.8. The van der Waals surface area contributed by atoms with Crippen LogP contribution in [0.15, 0.2) is 60.8 Å². The number of para-hydroxylation sites is 1. The molecule has 0 radical (unpaired) electrons. The van der Waals surface area contributed by atoms with Crippen LogP contribution in [0, 0.1) is 16.0 Å². The molecule has 0 bridgehead atoms. The fourth-order valence-corrected chi connectivity index (χ4v) is 3.90. The van der Waals surface area contributed by atoms with Crippen LogP contribution in [0.3, 0.4) is 0 Å². The zero-order valence-electron chi connectivity index (χ0n) is 19.6. The molecule has 9 nitrogen and oxygen atoms in total. The van der Waals surface area contributed by atoms with Crippen LogP contribution in [0.2, 0.25) is 0 Å². The van der Waals surface area contributed by atoms with Crippen molar-refractivity contribution in [3.8, 4) is 16.9 Å². The first kappa shape index (κ1) is 24.1. The van der Waals surface area contributed by atoms with Crippen molar-refractivity contribution < 1.29 is 19.2 Å². The number of nitro benzene ring substituents is 1. The molecular formula is C26H28N4O5. The fraction of sp³-hybridized carbons (Fsp3) is 0.346. The molecule has 9 heteroatoms. The van der Waals surface area contributed by atoms with Crippen molar-refractivity contribution in [2.45, 2.75) is 32.6 Å². The number of ether oxygens (including phenoxy) is 1. The smallest absolute Gasteiger partial charge is 0.307 e. The van der Waals surface area contributed by atoms with Crippen molar-refractivity contribution in [3.05, 3.63) is 76.5 Å². The minimum Gasteiger partial charge on any atom is -0.466 e. The van der Waals surface area contributed by atoms with Crippen LogP contribution in [-0.2, 0) is 20.7 Å². The molecule has 35 heavy (non-hydrogen) atoms. The highest BCUT2D eigenvalue weighted by Gasteiger charge is 2.28. The summed E-state index contributed by atoms with van der Waals surface area (Å²) in [5.41, 5.74) is 2.82. The van der Waals surface area contributed by atoms with E-state index < -0.39 is 4.92 Å². The molecule has 182 valence electrons. The van der Waals surface area contributed by atoms with Gasteiger partial charge in [0.2, 0.25) is 5.91 Å². The highest BCUT2D eigenvalue weighted by molar-refractivity contribution is 5.82. The number of rotatable bonds is 11. The van der Waals surface area contributed by atoms with Crippen LogP contribution < -0.4 is 0 Å². The van der Waals surface area contributed by atoms with Gasteiger partial charge in [-0.05, 0) is 49.9 Å². The molecule has 1 amide bonds. The van der Waals surface area contributed by atoms with E-state index in [2.05, 4.69) is 0 Å². The second-order valence-corrected chi connectivity index (χ2v) is 8.60. The van der Waals surface area contributed by atoms with Gasteiger partial charge >= 0.3 is 5.97 Å². The molecule has 1 heterocycles. The lowest BCUT2D eigenvalue weighted by molar-refractivity contribution is -0.384. The van der Waals surface area contributed by atoms with Gasteiger partial charge in [-0.2, -0.15) is 5.10 Å². The predicted octanol–water partition coefficient (Wildman–Crippen LogP) is 4.18. The molecule has 1 aliphatic carbocycles. The molecular weight excluding hydrogens is 448 g/mol.